The molecule has 1 aliphatic rings. The number of carbonyl (C=O) groups is 1. The fourth-order valence-electron chi connectivity index (χ4n) is 0.786. The Balaban J connectivity index is 2.73. The molecule has 1 aliphatic heterocycles. The van der Waals surface area contributed by atoms with Crippen molar-refractivity contribution in [2.24, 2.45) is 0 Å². The van der Waals surface area contributed by atoms with E-state index in [1.165, 1.54) is 0 Å². The van der Waals surface area contributed by atoms with Crippen LogP contribution >= 0.6 is 0 Å². The van der Waals surface area contributed by atoms with Gasteiger partial charge in [-0.25, -0.2) is 4.79 Å². The number of hydrogen-bond acceptors (Lipinski definition) is 4. The quantitative estimate of drug-likeness (QED) is 0.488. The lowest BCUT2D eigenvalue weighted by Crippen LogP contribution is -2.54. The molecule has 0 spiro atoms. The van der Waals surface area contributed by atoms with Crippen LogP contribution in [0, 0.1) is 0 Å². The zero-order valence-electron chi connectivity index (χ0n) is 6.13. The molecule has 0 aromatic carbocycles. The molecule has 58 valence electrons. The largest absolute Gasteiger partial charge is 0.463 e. The second-order valence-electron chi connectivity index (χ2n) is 2.82. The third-order valence-corrected chi connectivity index (χ3v) is 1.68. The topological polar surface area (TPSA) is 49.8 Å². The number of carbonyl (C=O) groups excluding carboxylic acids is 1. The van der Waals surface area contributed by atoms with Gasteiger partial charge in [0.25, 0.3) is 0 Å². The highest BCUT2D eigenvalue weighted by Gasteiger charge is 2.38. The van der Waals surface area contributed by atoms with Crippen molar-refractivity contribution in [2.45, 2.75) is 19.4 Å². The highest BCUT2D eigenvalue weighted by molar-refractivity contribution is 5.80. The molecule has 0 aromatic rings. The second-order valence-corrected chi connectivity index (χ2v) is 2.82. The van der Waals surface area contributed by atoms with Gasteiger partial charge in [-0.3, -0.25) is 0 Å². The molecule has 1 N–H and O–H groups in total. The number of ether oxygens (including phenoxy) is 1. The number of morpholine rings is 1. The van der Waals surface area contributed by atoms with Crippen molar-refractivity contribution in [1.82, 2.24) is 5.06 Å². The molecule has 1 rings (SSSR count). The normalized spacial score (nSPS) is 26.1. The van der Waals surface area contributed by atoms with Gasteiger partial charge in [0, 0.05) is 0 Å². The van der Waals surface area contributed by atoms with Crippen LogP contribution < -0.4 is 0 Å². The highest BCUT2D eigenvalue weighted by Crippen LogP contribution is 2.17. The molecule has 1 fully saturated rings. The molecule has 0 radical (unpaired) electrons. The van der Waals surface area contributed by atoms with E-state index in [1.807, 2.05) is 0 Å². The lowest BCUT2D eigenvalue weighted by Gasteiger charge is -2.34. The number of esters is 1. The van der Waals surface area contributed by atoms with Gasteiger partial charge in [0.1, 0.15) is 12.1 Å². The van der Waals surface area contributed by atoms with Crippen molar-refractivity contribution in [3.8, 4) is 0 Å². The van der Waals surface area contributed by atoms with E-state index in [0.717, 1.165) is 5.06 Å². The number of rotatable bonds is 0. The molecule has 1 saturated heterocycles. The maximum Gasteiger partial charge on any atom is 0.328 e. The second kappa shape index (κ2) is 2.21. The summed E-state index contributed by atoms with van der Waals surface area (Å²) in [7, 11) is 0. The van der Waals surface area contributed by atoms with Gasteiger partial charge in [0.15, 0.2) is 0 Å². The highest BCUT2D eigenvalue weighted by atomic mass is 16.6. The first-order valence-corrected chi connectivity index (χ1v) is 3.19. The van der Waals surface area contributed by atoms with Crippen LogP contribution in [0.4, 0.5) is 0 Å². The van der Waals surface area contributed by atoms with Crippen molar-refractivity contribution in [3.05, 3.63) is 0 Å². The van der Waals surface area contributed by atoms with Crippen LogP contribution in [0.5, 0.6) is 0 Å². The molecule has 10 heavy (non-hydrogen) atoms. The monoisotopic (exact) mass is 145 g/mol. The average molecular weight is 145 g/mol. The Kier molecular flexibility index (Phi) is 1.66. The summed E-state index contributed by atoms with van der Waals surface area (Å²) < 4.78 is 4.72. The van der Waals surface area contributed by atoms with Crippen LogP contribution in [-0.2, 0) is 9.53 Å². The van der Waals surface area contributed by atoms with E-state index in [-0.39, 0.29) is 12.6 Å². The van der Waals surface area contributed by atoms with Crippen molar-refractivity contribution < 1.29 is 14.7 Å². The predicted octanol–water partition coefficient (Wildman–Crippen LogP) is 0.0130. The van der Waals surface area contributed by atoms with Gasteiger partial charge >= 0.3 is 5.97 Å². The van der Waals surface area contributed by atoms with Gasteiger partial charge in [-0.15, -0.1) is 0 Å². The first-order chi connectivity index (χ1) is 4.55. The van der Waals surface area contributed by atoms with Crippen molar-refractivity contribution in [3.63, 3.8) is 0 Å². The van der Waals surface area contributed by atoms with Crippen LogP contribution in [0.2, 0.25) is 0 Å². The third-order valence-electron chi connectivity index (χ3n) is 1.68. The van der Waals surface area contributed by atoms with E-state index < -0.39 is 5.54 Å². The molecular formula is C6H11NO3. The summed E-state index contributed by atoms with van der Waals surface area (Å²) in [5.74, 6) is -0.374. The standard InChI is InChI=1S/C6H11NO3/c1-6(2)5(8)10-4-3-7(6)9/h9H,3-4H2,1-2H3. The fourth-order valence-corrected chi connectivity index (χ4v) is 0.786. The smallest absolute Gasteiger partial charge is 0.328 e. The number of cyclic esters (lactones) is 1. The average Bonchev–Trinajstić information content (AvgIpc) is 1.84. The summed E-state index contributed by atoms with van der Waals surface area (Å²) >= 11 is 0. The lowest BCUT2D eigenvalue weighted by atomic mass is 10.0. The molecule has 0 aromatic heterocycles. The van der Waals surface area contributed by atoms with E-state index in [1.54, 1.807) is 13.8 Å². The summed E-state index contributed by atoms with van der Waals surface area (Å²) in [5.41, 5.74) is -0.877. The van der Waals surface area contributed by atoms with Gasteiger partial charge in [0.2, 0.25) is 0 Å². The molecular weight excluding hydrogens is 134 g/mol. The minimum atomic E-state index is -0.877. The van der Waals surface area contributed by atoms with E-state index in [2.05, 4.69) is 0 Å². The number of hydrogen-bond donors (Lipinski definition) is 1. The van der Waals surface area contributed by atoms with Gasteiger partial charge in [-0.05, 0) is 13.8 Å². The summed E-state index contributed by atoms with van der Waals surface area (Å²) in [5, 5.41) is 10.1. The Hall–Kier alpha value is -0.610. The van der Waals surface area contributed by atoms with Crippen LogP contribution in [0.25, 0.3) is 0 Å². The Morgan fingerprint density at radius 1 is 1.70 bits per heavy atom. The minimum Gasteiger partial charge on any atom is -0.463 e. The SMILES string of the molecule is CC1(C)C(=O)OCCN1O. The van der Waals surface area contributed by atoms with Gasteiger partial charge in [-0.2, -0.15) is 5.06 Å². The minimum absolute atomic E-state index is 0.277. The number of nitrogens with zero attached hydrogens (tertiary/aromatic N) is 1. The lowest BCUT2D eigenvalue weighted by molar-refractivity contribution is -0.217. The maximum atomic E-state index is 10.9. The maximum absolute atomic E-state index is 10.9. The zero-order chi connectivity index (χ0) is 7.78. The van der Waals surface area contributed by atoms with Crippen LogP contribution in [0.1, 0.15) is 13.8 Å². The molecule has 4 nitrogen and oxygen atoms in total. The van der Waals surface area contributed by atoms with Gasteiger partial charge in [0.05, 0.1) is 6.54 Å². The Morgan fingerprint density at radius 2 is 2.30 bits per heavy atom. The van der Waals surface area contributed by atoms with Crippen molar-refractivity contribution >= 4 is 5.97 Å². The van der Waals surface area contributed by atoms with E-state index in [4.69, 9.17) is 9.94 Å². The summed E-state index contributed by atoms with van der Waals surface area (Å²) in [6, 6.07) is 0. The van der Waals surface area contributed by atoms with E-state index in [0.29, 0.717) is 6.54 Å². The van der Waals surface area contributed by atoms with Crippen molar-refractivity contribution in [2.75, 3.05) is 13.2 Å². The molecule has 1 heterocycles. The fraction of sp³-hybridized carbons (Fsp3) is 0.833. The Labute approximate surface area is 59.3 Å². The van der Waals surface area contributed by atoms with Crippen LogP contribution in [0.3, 0.4) is 0 Å². The third kappa shape index (κ3) is 0.998. The predicted molar refractivity (Wildman–Crippen MR) is 33.5 cm³/mol. The molecule has 0 atom stereocenters. The molecule has 0 bridgehead atoms. The van der Waals surface area contributed by atoms with Gasteiger partial charge < -0.3 is 9.94 Å². The van der Waals surface area contributed by atoms with Crippen LogP contribution in [-0.4, -0.2) is 34.9 Å². The summed E-state index contributed by atoms with van der Waals surface area (Å²) in [6.45, 7) is 3.90. The molecule has 4 heteroatoms. The van der Waals surface area contributed by atoms with Crippen LogP contribution in [0.15, 0.2) is 0 Å². The first kappa shape index (κ1) is 7.50. The Bertz CT molecular complexity index is 155. The molecule has 0 aliphatic carbocycles. The van der Waals surface area contributed by atoms with E-state index >= 15 is 0 Å². The first-order valence-electron chi connectivity index (χ1n) is 3.19. The van der Waals surface area contributed by atoms with Gasteiger partial charge in [-0.1, -0.05) is 0 Å². The molecule has 0 saturated carbocycles. The number of hydroxylamine groups is 2. The summed E-state index contributed by atoms with van der Waals surface area (Å²) in [6.07, 6.45) is 0. The molecule has 0 unspecified atom stereocenters. The Morgan fingerprint density at radius 3 is 2.70 bits per heavy atom. The summed E-state index contributed by atoms with van der Waals surface area (Å²) in [4.78, 5) is 10.9. The zero-order valence-corrected chi connectivity index (χ0v) is 6.13. The molecule has 0 amide bonds. The van der Waals surface area contributed by atoms with E-state index in [9.17, 15) is 4.79 Å². The van der Waals surface area contributed by atoms with Crippen molar-refractivity contribution in [1.29, 1.82) is 0 Å².